The number of amides is 1. The molecule has 0 saturated carbocycles. The van der Waals surface area contributed by atoms with E-state index in [-0.39, 0.29) is 5.91 Å². The van der Waals surface area contributed by atoms with Crippen LogP contribution in [0, 0.1) is 13.8 Å². The van der Waals surface area contributed by atoms with Crippen molar-refractivity contribution in [2.75, 3.05) is 27.2 Å². The molecule has 0 unspecified atom stereocenters. The molecule has 4 nitrogen and oxygen atoms in total. The fourth-order valence-electron chi connectivity index (χ4n) is 1.37. The number of nitrogens with zero attached hydrogens (tertiary/aromatic N) is 2. The summed E-state index contributed by atoms with van der Waals surface area (Å²) in [6.45, 7) is 5.66. The van der Waals surface area contributed by atoms with E-state index in [1.165, 1.54) is 4.88 Å². The largest absolute Gasteiger partial charge is 0.355 e. The van der Waals surface area contributed by atoms with Gasteiger partial charge in [-0.05, 0) is 27.9 Å². The highest BCUT2D eigenvalue weighted by atomic mass is 32.1. The average Bonchev–Trinajstić information content (AvgIpc) is 2.55. The van der Waals surface area contributed by atoms with Gasteiger partial charge in [0.25, 0.3) is 0 Å². The monoisotopic (exact) mass is 255 g/mol. The molecular weight excluding hydrogens is 234 g/mol. The summed E-state index contributed by atoms with van der Waals surface area (Å²) in [4.78, 5) is 19.3. The number of nitrogens with one attached hydrogen (secondary N) is 1. The molecule has 1 aromatic rings. The summed E-state index contributed by atoms with van der Waals surface area (Å²) in [5.41, 5.74) is 1.08. The normalized spacial score (nSPS) is 10.9. The number of hydrogen-bond donors (Lipinski definition) is 1. The molecular formula is C12H21N3OS. The highest BCUT2D eigenvalue weighted by molar-refractivity contribution is 7.11. The Morgan fingerprint density at radius 1 is 1.41 bits per heavy atom. The Hall–Kier alpha value is -0.940. The number of aromatic nitrogens is 1. The average molecular weight is 255 g/mol. The van der Waals surface area contributed by atoms with Gasteiger partial charge in [0.2, 0.25) is 5.91 Å². The molecule has 0 bridgehead atoms. The minimum Gasteiger partial charge on any atom is -0.355 e. The first-order chi connectivity index (χ1) is 7.99. The molecule has 0 radical (unpaired) electrons. The summed E-state index contributed by atoms with van der Waals surface area (Å²) in [7, 11) is 3.99. The molecule has 0 atom stereocenters. The van der Waals surface area contributed by atoms with Crippen LogP contribution in [0.3, 0.4) is 0 Å². The van der Waals surface area contributed by atoms with Gasteiger partial charge in [-0.3, -0.25) is 4.79 Å². The summed E-state index contributed by atoms with van der Waals surface area (Å²) in [5, 5.41) is 3.96. The Balaban J connectivity index is 2.24. The molecule has 0 aromatic carbocycles. The molecule has 0 spiro atoms. The minimum atomic E-state index is 0.109. The van der Waals surface area contributed by atoms with E-state index in [1.807, 2.05) is 25.9 Å². The molecule has 1 rings (SSSR count). The highest BCUT2D eigenvalue weighted by Crippen LogP contribution is 2.17. The maximum Gasteiger partial charge on any atom is 0.220 e. The first-order valence-electron chi connectivity index (χ1n) is 5.83. The number of aryl methyl sites for hydroxylation is 3. The molecule has 1 aromatic heterocycles. The van der Waals surface area contributed by atoms with E-state index in [2.05, 4.69) is 17.2 Å². The molecule has 0 aliphatic carbocycles. The third kappa shape index (κ3) is 5.28. The van der Waals surface area contributed by atoms with E-state index in [1.54, 1.807) is 11.3 Å². The minimum absolute atomic E-state index is 0.109. The van der Waals surface area contributed by atoms with Crippen LogP contribution in [0.25, 0.3) is 0 Å². The summed E-state index contributed by atoms with van der Waals surface area (Å²) in [6, 6.07) is 0. The number of rotatable bonds is 6. The molecule has 1 heterocycles. The molecule has 0 aliphatic rings. The van der Waals surface area contributed by atoms with E-state index in [0.29, 0.717) is 13.0 Å². The van der Waals surface area contributed by atoms with E-state index < -0.39 is 0 Å². The van der Waals surface area contributed by atoms with Crippen molar-refractivity contribution in [3.63, 3.8) is 0 Å². The van der Waals surface area contributed by atoms with Gasteiger partial charge in [-0.15, -0.1) is 11.3 Å². The molecule has 1 N–H and O–H groups in total. The van der Waals surface area contributed by atoms with E-state index in [9.17, 15) is 4.79 Å². The third-order valence-electron chi connectivity index (χ3n) is 2.52. The van der Waals surface area contributed by atoms with Crippen molar-refractivity contribution in [2.45, 2.75) is 26.7 Å². The predicted molar refractivity (Wildman–Crippen MR) is 71.5 cm³/mol. The van der Waals surface area contributed by atoms with Crippen LogP contribution >= 0.6 is 11.3 Å². The van der Waals surface area contributed by atoms with Crippen LogP contribution in [0.5, 0.6) is 0 Å². The quantitative estimate of drug-likeness (QED) is 0.835. The Morgan fingerprint density at radius 3 is 2.65 bits per heavy atom. The van der Waals surface area contributed by atoms with Gasteiger partial charge in [-0.2, -0.15) is 0 Å². The van der Waals surface area contributed by atoms with Gasteiger partial charge < -0.3 is 10.2 Å². The highest BCUT2D eigenvalue weighted by Gasteiger charge is 2.06. The zero-order chi connectivity index (χ0) is 12.8. The fourth-order valence-corrected chi connectivity index (χ4v) is 2.31. The van der Waals surface area contributed by atoms with Gasteiger partial charge in [0.15, 0.2) is 0 Å². The van der Waals surface area contributed by atoms with Crippen LogP contribution < -0.4 is 5.32 Å². The fraction of sp³-hybridized carbons (Fsp3) is 0.667. The Morgan fingerprint density at radius 2 is 2.12 bits per heavy atom. The summed E-state index contributed by atoms with van der Waals surface area (Å²) in [5.74, 6) is 0.109. The molecule has 5 heteroatoms. The van der Waals surface area contributed by atoms with E-state index >= 15 is 0 Å². The number of carbonyl (C=O) groups excluding carboxylic acids is 1. The number of thiazole rings is 1. The second-order valence-corrected chi connectivity index (χ2v) is 5.69. The van der Waals surface area contributed by atoms with E-state index in [0.717, 1.165) is 23.7 Å². The van der Waals surface area contributed by atoms with Crippen molar-refractivity contribution in [1.82, 2.24) is 15.2 Å². The van der Waals surface area contributed by atoms with E-state index in [4.69, 9.17) is 0 Å². The SMILES string of the molecule is Cc1nc(CCC(=O)NCCN(C)C)sc1C. The second-order valence-electron chi connectivity index (χ2n) is 4.40. The molecule has 0 fully saturated rings. The number of likely N-dealkylation sites (N-methyl/N-ethyl adjacent to an activating group) is 1. The van der Waals surface area contributed by atoms with Gasteiger partial charge in [-0.25, -0.2) is 4.98 Å². The Labute approximate surface area is 107 Å². The lowest BCUT2D eigenvalue weighted by Gasteiger charge is -2.09. The van der Waals surface area contributed by atoms with Gasteiger partial charge >= 0.3 is 0 Å². The van der Waals surface area contributed by atoms with Crippen LogP contribution in [0.2, 0.25) is 0 Å². The van der Waals surface area contributed by atoms with Crippen molar-refractivity contribution in [3.8, 4) is 0 Å². The molecule has 17 heavy (non-hydrogen) atoms. The zero-order valence-electron chi connectivity index (χ0n) is 11.0. The summed E-state index contributed by atoms with van der Waals surface area (Å²) < 4.78 is 0. The van der Waals surface area contributed by atoms with Gasteiger partial charge in [0.05, 0.1) is 10.7 Å². The van der Waals surface area contributed by atoms with Crippen LogP contribution in [0.4, 0.5) is 0 Å². The Kier molecular flexibility index (Phi) is 5.58. The third-order valence-corrected chi connectivity index (χ3v) is 3.65. The first kappa shape index (κ1) is 14.1. The zero-order valence-corrected chi connectivity index (χ0v) is 11.9. The number of hydrogen-bond acceptors (Lipinski definition) is 4. The number of carbonyl (C=O) groups is 1. The lowest BCUT2D eigenvalue weighted by molar-refractivity contribution is -0.121. The second kappa shape index (κ2) is 6.71. The van der Waals surface area contributed by atoms with Gasteiger partial charge in [0, 0.05) is 30.8 Å². The Bertz CT molecular complexity index is 354. The smallest absolute Gasteiger partial charge is 0.220 e. The van der Waals surface area contributed by atoms with Crippen molar-refractivity contribution in [1.29, 1.82) is 0 Å². The molecule has 0 saturated heterocycles. The van der Waals surface area contributed by atoms with Crippen molar-refractivity contribution in [3.05, 3.63) is 15.6 Å². The summed E-state index contributed by atoms with van der Waals surface area (Å²) in [6.07, 6.45) is 1.27. The van der Waals surface area contributed by atoms with Crippen LogP contribution in [-0.4, -0.2) is 43.0 Å². The topological polar surface area (TPSA) is 45.2 Å². The standard InChI is InChI=1S/C12H21N3OS/c1-9-10(2)17-12(14-9)6-5-11(16)13-7-8-15(3)4/h5-8H2,1-4H3,(H,13,16). The molecule has 1 amide bonds. The predicted octanol–water partition coefficient (Wildman–Crippen LogP) is 1.37. The lowest BCUT2D eigenvalue weighted by atomic mass is 10.3. The van der Waals surface area contributed by atoms with Crippen molar-refractivity contribution in [2.24, 2.45) is 0 Å². The first-order valence-corrected chi connectivity index (χ1v) is 6.65. The van der Waals surface area contributed by atoms with Gasteiger partial charge in [0.1, 0.15) is 0 Å². The van der Waals surface area contributed by atoms with Crippen LogP contribution in [-0.2, 0) is 11.2 Å². The maximum absolute atomic E-state index is 11.5. The van der Waals surface area contributed by atoms with Gasteiger partial charge in [-0.1, -0.05) is 0 Å². The molecule has 96 valence electrons. The van der Waals surface area contributed by atoms with Crippen LogP contribution in [0.1, 0.15) is 22.0 Å². The summed E-state index contributed by atoms with van der Waals surface area (Å²) >= 11 is 1.69. The van der Waals surface area contributed by atoms with Crippen LogP contribution in [0.15, 0.2) is 0 Å². The maximum atomic E-state index is 11.5. The lowest BCUT2D eigenvalue weighted by Crippen LogP contribution is -2.31. The van der Waals surface area contributed by atoms with Crippen molar-refractivity contribution >= 4 is 17.2 Å². The molecule has 0 aliphatic heterocycles. The van der Waals surface area contributed by atoms with Crippen molar-refractivity contribution < 1.29 is 4.79 Å².